The fourth-order valence-electron chi connectivity index (χ4n) is 0.790. The number of hydrogen-bond acceptors (Lipinski definition) is 6. The Bertz CT molecular complexity index is 257. The van der Waals surface area contributed by atoms with Crippen LogP contribution in [-0.4, -0.2) is 21.7 Å². The van der Waals surface area contributed by atoms with Crippen molar-refractivity contribution in [3.05, 3.63) is 8.47 Å². The van der Waals surface area contributed by atoms with E-state index in [1.165, 1.54) is 23.5 Å². The molecule has 0 saturated heterocycles. The Balaban J connectivity index is 2.73. The summed E-state index contributed by atoms with van der Waals surface area (Å²) in [5.74, 6) is 2.03. The molecule has 0 fully saturated rings. The van der Waals surface area contributed by atoms with E-state index in [1.54, 1.807) is 37.4 Å². The van der Waals surface area contributed by atoms with Gasteiger partial charge in [0.1, 0.15) is 0 Å². The maximum absolute atomic E-state index is 11.0. The zero-order chi connectivity index (χ0) is 10.6. The van der Waals surface area contributed by atoms with E-state index in [-0.39, 0.29) is 10.2 Å². The molecule has 0 bridgehead atoms. The number of rotatable bonds is 2. The first-order chi connectivity index (χ1) is 6.59. The molecule has 0 amide bonds. The van der Waals surface area contributed by atoms with Gasteiger partial charge in [-0.05, 0) is 23.5 Å². The van der Waals surface area contributed by atoms with E-state index in [1.807, 2.05) is 0 Å². The topological polar surface area (TPSA) is 34.1 Å². The van der Waals surface area contributed by atoms with E-state index in [0.717, 1.165) is 20.0 Å². The Hall–Kier alpha value is 0.480. The monoisotopic (exact) mass is 266 g/mol. The van der Waals surface area contributed by atoms with Gasteiger partial charge in [-0.25, -0.2) is 0 Å². The maximum atomic E-state index is 11.0. The van der Waals surface area contributed by atoms with Crippen molar-refractivity contribution >= 4 is 57.3 Å². The lowest BCUT2D eigenvalue weighted by molar-refractivity contribution is -0.109. The van der Waals surface area contributed by atoms with Crippen LogP contribution in [0.15, 0.2) is 8.47 Å². The molecule has 1 aliphatic rings. The quantitative estimate of drug-likeness (QED) is 0.764. The Morgan fingerprint density at radius 1 is 1.00 bits per heavy atom. The molecule has 1 rings (SSSR count). The zero-order valence-electron chi connectivity index (χ0n) is 7.86. The van der Waals surface area contributed by atoms with Crippen LogP contribution in [0, 0.1) is 0 Å². The van der Waals surface area contributed by atoms with Gasteiger partial charge in [-0.1, -0.05) is 0 Å². The minimum absolute atomic E-state index is 0.0802. The SMILES string of the molecule is CC(=O)SC1=C(SC(C)=O)SCCS1. The summed E-state index contributed by atoms with van der Waals surface area (Å²) in [5.41, 5.74) is 0. The van der Waals surface area contributed by atoms with Gasteiger partial charge in [0.2, 0.25) is 0 Å². The van der Waals surface area contributed by atoms with Crippen LogP contribution in [0.3, 0.4) is 0 Å². The highest BCUT2D eigenvalue weighted by atomic mass is 32.2. The van der Waals surface area contributed by atoms with Crippen LogP contribution in [0.25, 0.3) is 0 Å². The van der Waals surface area contributed by atoms with Crippen molar-refractivity contribution in [3.63, 3.8) is 0 Å². The van der Waals surface area contributed by atoms with Crippen LogP contribution in [0.1, 0.15) is 13.8 Å². The van der Waals surface area contributed by atoms with E-state index in [0.29, 0.717) is 0 Å². The molecule has 1 heterocycles. The molecular weight excluding hydrogens is 256 g/mol. The van der Waals surface area contributed by atoms with E-state index in [4.69, 9.17) is 0 Å². The molecule has 0 spiro atoms. The Kier molecular flexibility index (Phi) is 5.51. The van der Waals surface area contributed by atoms with E-state index >= 15 is 0 Å². The molecule has 0 aliphatic carbocycles. The summed E-state index contributed by atoms with van der Waals surface area (Å²) in [5, 5.41) is 0.160. The third kappa shape index (κ3) is 4.33. The molecule has 6 heteroatoms. The normalized spacial score (nSPS) is 17.0. The second kappa shape index (κ2) is 6.15. The third-order valence-electron chi connectivity index (χ3n) is 1.19. The average molecular weight is 266 g/mol. The van der Waals surface area contributed by atoms with Gasteiger partial charge >= 0.3 is 0 Å². The molecule has 14 heavy (non-hydrogen) atoms. The number of thioether (sulfide) groups is 4. The number of carbonyl (C=O) groups excluding carboxylic acids is 2. The van der Waals surface area contributed by atoms with Crippen molar-refractivity contribution < 1.29 is 9.59 Å². The van der Waals surface area contributed by atoms with Gasteiger partial charge in [0.25, 0.3) is 0 Å². The van der Waals surface area contributed by atoms with Gasteiger partial charge in [0.05, 0.1) is 8.47 Å². The lowest BCUT2D eigenvalue weighted by atomic mass is 10.9. The van der Waals surface area contributed by atoms with Crippen molar-refractivity contribution in [2.24, 2.45) is 0 Å². The number of hydrogen-bond donors (Lipinski definition) is 0. The molecule has 78 valence electrons. The molecule has 0 aromatic heterocycles. The minimum atomic E-state index is 0.0802. The van der Waals surface area contributed by atoms with Crippen LogP contribution < -0.4 is 0 Å². The highest BCUT2D eigenvalue weighted by molar-refractivity contribution is 8.36. The average Bonchev–Trinajstić information content (AvgIpc) is 2.06. The zero-order valence-corrected chi connectivity index (χ0v) is 11.1. The first-order valence-corrected chi connectivity index (χ1v) is 7.56. The van der Waals surface area contributed by atoms with Crippen molar-refractivity contribution in [3.8, 4) is 0 Å². The Labute approximate surface area is 100 Å². The molecule has 1 aliphatic heterocycles. The van der Waals surface area contributed by atoms with Gasteiger partial charge in [-0.3, -0.25) is 9.59 Å². The second-order valence-electron chi connectivity index (χ2n) is 2.46. The summed E-state index contributed by atoms with van der Waals surface area (Å²) >= 11 is 5.81. The highest BCUT2D eigenvalue weighted by Gasteiger charge is 2.18. The molecule has 0 radical (unpaired) electrons. The first-order valence-electron chi connectivity index (χ1n) is 3.96. The van der Waals surface area contributed by atoms with Crippen molar-refractivity contribution in [1.82, 2.24) is 0 Å². The van der Waals surface area contributed by atoms with E-state index < -0.39 is 0 Å². The predicted molar refractivity (Wildman–Crippen MR) is 68.5 cm³/mol. The summed E-state index contributed by atoms with van der Waals surface area (Å²) in [6, 6.07) is 0. The summed E-state index contributed by atoms with van der Waals surface area (Å²) in [4.78, 5) is 21.9. The molecule has 0 saturated carbocycles. The van der Waals surface area contributed by atoms with Crippen LogP contribution >= 0.6 is 47.0 Å². The Morgan fingerprint density at radius 2 is 1.36 bits per heavy atom. The lowest BCUT2D eigenvalue weighted by Crippen LogP contribution is -1.96. The second-order valence-corrected chi connectivity index (χ2v) is 7.56. The van der Waals surface area contributed by atoms with Gasteiger partial charge < -0.3 is 0 Å². The standard InChI is InChI=1S/C8H10O2S4/c1-5(9)13-7-8(14-6(2)10)12-4-3-11-7/h3-4H2,1-2H3. The van der Waals surface area contributed by atoms with Crippen LogP contribution in [0.5, 0.6) is 0 Å². The van der Waals surface area contributed by atoms with Crippen LogP contribution in [0.2, 0.25) is 0 Å². The van der Waals surface area contributed by atoms with E-state index in [2.05, 4.69) is 0 Å². The number of carbonyl (C=O) groups is 2. The van der Waals surface area contributed by atoms with E-state index in [9.17, 15) is 9.59 Å². The molecule has 0 N–H and O–H groups in total. The molecule has 0 atom stereocenters. The maximum Gasteiger partial charge on any atom is 0.191 e. The summed E-state index contributed by atoms with van der Waals surface area (Å²) < 4.78 is 1.99. The van der Waals surface area contributed by atoms with Gasteiger partial charge in [0, 0.05) is 25.4 Å². The molecule has 0 aromatic carbocycles. The van der Waals surface area contributed by atoms with Crippen LogP contribution in [-0.2, 0) is 9.59 Å². The molecule has 0 unspecified atom stereocenters. The highest BCUT2D eigenvalue weighted by Crippen LogP contribution is 2.46. The summed E-state index contributed by atoms with van der Waals surface area (Å²) in [6.45, 7) is 3.10. The lowest BCUT2D eigenvalue weighted by Gasteiger charge is -2.15. The first kappa shape index (κ1) is 12.5. The fraction of sp³-hybridized carbons (Fsp3) is 0.500. The van der Waals surface area contributed by atoms with Gasteiger partial charge in [0.15, 0.2) is 10.2 Å². The molecule has 2 nitrogen and oxygen atoms in total. The fourth-order valence-corrected chi connectivity index (χ4v) is 5.63. The summed E-state index contributed by atoms with van der Waals surface area (Å²) in [6.07, 6.45) is 0. The van der Waals surface area contributed by atoms with Crippen molar-refractivity contribution in [1.29, 1.82) is 0 Å². The van der Waals surface area contributed by atoms with Crippen molar-refractivity contribution in [2.45, 2.75) is 13.8 Å². The summed E-state index contributed by atoms with van der Waals surface area (Å²) in [7, 11) is 0. The van der Waals surface area contributed by atoms with Crippen molar-refractivity contribution in [2.75, 3.05) is 11.5 Å². The van der Waals surface area contributed by atoms with Gasteiger partial charge in [-0.15, -0.1) is 23.5 Å². The smallest absolute Gasteiger partial charge is 0.191 e. The Morgan fingerprint density at radius 3 is 1.64 bits per heavy atom. The van der Waals surface area contributed by atoms with Gasteiger partial charge in [-0.2, -0.15) is 0 Å². The molecular formula is C8H10O2S4. The molecule has 0 aromatic rings. The minimum Gasteiger partial charge on any atom is -0.287 e. The largest absolute Gasteiger partial charge is 0.287 e. The van der Waals surface area contributed by atoms with Crippen LogP contribution in [0.4, 0.5) is 0 Å². The third-order valence-corrected chi connectivity index (χ3v) is 6.27. The predicted octanol–water partition coefficient (Wildman–Crippen LogP) is 3.15.